The number of aliphatic hydroxyl groups excluding tert-OH is 1. The Morgan fingerprint density at radius 3 is 1.51 bits per heavy atom. The van der Waals surface area contributed by atoms with Crippen molar-refractivity contribution in [1.29, 1.82) is 0 Å². The summed E-state index contributed by atoms with van der Waals surface area (Å²) in [4.78, 5) is 39.3. The van der Waals surface area contributed by atoms with E-state index < -0.39 is 11.2 Å². The maximum absolute atomic E-state index is 11.8. The Hall–Kier alpha value is -5.86. The van der Waals surface area contributed by atoms with Crippen LogP contribution in [0.5, 0.6) is 0 Å². The fourth-order valence-electron chi connectivity index (χ4n) is 8.64. The maximum atomic E-state index is 11.8. The van der Waals surface area contributed by atoms with Crippen molar-refractivity contribution in [2.45, 2.75) is 118 Å². The van der Waals surface area contributed by atoms with Crippen LogP contribution in [0.2, 0.25) is 0 Å². The van der Waals surface area contributed by atoms with Crippen LogP contribution in [-0.4, -0.2) is 155 Å². The van der Waals surface area contributed by atoms with E-state index in [0.29, 0.717) is 31.5 Å². The van der Waals surface area contributed by atoms with Crippen LogP contribution in [0.4, 0.5) is 23.0 Å². The number of rotatable bonds is 19. The third-order valence-electron chi connectivity index (χ3n) is 12.3. The van der Waals surface area contributed by atoms with E-state index in [1.807, 2.05) is 50.9 Å². The van der Waals surface area contributed by atoms with E-state index in [9.17, 15) is 9.59 Å². The molecule has 0 bridgehead atoms. The number of unbranched alkanes of at least 4 members (excludes halogenated alkanes) is 2. The van der Waals surface area contributed by atoms with Crippen LogP contribution < -0.4 is 26.6 Å². The molecule has 0 saturated carbocycles. The standard InChI is InChI=1S/C27H40N6O3.C18H24N6.C9H18O4/c1-5-6-10-33-19-22-21-8-7-20(18-23(21)29-26(28)25(22)30-33)32-13-11-31(12-14-32)15-17-35-16-9-24(34)36-27(2,3)4;1-2-3-8-24-12-15-14-5-4-13(23-9-6-20-7-10-23)11-16(14)21-18(19)17(15)22-24;1-9(2,3)13-8(11)4-6-12-7-5-10/h7-8,18-19H,5-6,9-17H2,1-4H3,(H2,28,29);4-5,11-12,20H,2-3,6-10H2,1H3,(H2,19,21);10H,4-7H2,1-3H3. The van der Waals surface area contributed by atoms with Crippen molar-refractivity contribution in [2.24, 2.45) is 0 Å². The number of ether oxygens (including phenoxy) is 4. The van der Waals surface area contributed by atoms with Crippen molar-refractivity contribution >= 4 is 78.6 Å². The molecule has 2 saturated heterocycles. The number of esters is 2. The molecule has 4 aromatic heterocycles. The molecule has 6 aromatic rings. The van der Waals surface area contributed by atoms with E-state index in [0.717, 1.165) is 141 Å². The Kier molecular flexibility index (Phi) is 20.8. The molecule has 0 unspecified atom stereocenters. The van der Waals surface area contributed by atoms with Crippen LogP contribution in [0, 0.1) is 0 Å². The molecule has 6 heterocycles. The van der Waals surface area contributed by atoms with Gasteiger partial charge in [-0.3, -0.25) is 23.9 Å². The summed E-state index contributed by atoms with van der Waals surface area (Å²) >= 11 is 0. The second-order valence-electron chi connectivity index (χ2n) is 20.6. The zero-order chi connectivity index (χ0) is 52.5. The summed E-state index contributed by atoms with van der Waals surface area (Å²) in [5.74, 6) is 0.519. The van der Waals surface area contributed by atoms with Gasteiger partial charge in [0, 0.05) is 117 Å². The molecule has 73 heavy (non-hydrogen) atoms. The lowest BCUT2D eigenvalue weighted by atomic mass is 10.1. The Labute approximate surface area is 430 Å². The highest BCUT2D eigenvalue weighted by molar-refractivity contribution is 6.09. The summed E-state index contributed by atoms with van der Waals surface area (Å²) in [5, 5.41) is 25.4. The van der Waals surface area contributed by atoms with Gasteiger partial charge in [0.1, 0.15) is 22.2 Å². The number of hydrogen-bond acceptors (Lipinski definition) is 17. The van der Waals surface area contributed by atoms with Crippen LogP contribution in [0.3, 0.4) is 0 Å². The van der Waals surface area contributed by atoms with Gasteiger partial charge in [-0.1, -0.05) is 38.8 Å². The van der Waals surface area contributed by atoms with E-state index in [-0.39, 0.29) is 38.0 Å². The van der Waals surface area contributed by atoms with Crippen LogP contribution in [0.25, 0.3) is 43.6 Å². The molecule has 0 amide bonds. The van der Waals surface area contributed by atoms with Gasteiger partial charge in [-0.2, -0.15) is 10.2 Å². The molecule has 0 atom stereocenters. The summed E-state index contributed by atoms with van der Waals surface area (Å²) in [6.07, 6.45) is 9.21. The maximum Gasteiger partial charge on any atom is 0.308 e. The van der Waals surface area contributed by atoms with E-state index in [1.54, 1.807) is 0 Å². The van der Waals surface area contributed by atoms with Crippen molar-refractivity contribution in [3.8, 4) is 0 Å². The minimum absolute atomic E-state index is 0.0195. The number of nitrogens with one attached hydrogen (secondary N) is 1. The zero-order valence-electron chi connectivity index (χ0n) is 44.8. The molecule has 2 aliphatic heterocycles. The Balaban J connectivity index is 0.000000201. The Morgan fingerprint density at radius 2 is 1.07 bits per heavy atom. The minimum Gasteiger partial charge on any atom is -0.460 e. The largest absolute Gasteiger partial charge is 0.460 e. The molecular formula is C54H82N12O7. The van der Waals surface area contributed by atoms with Gasteiger partial charge in [0.2, 0.25) is 0 Å². The van der Waals surface area contributed by atoms with Crippen LogP contribution in [0.1, 0.15) is 93.9 Å². The molecule has 400 valence electrons. The number of pyridine rings is 2. The molecule has 0 spiro atoms. The number of nitrogens with zero attached hydrogens (tertiary/aromatic N) is 9. The number of aryl methyl sites for hydroxylation is 2. The van der Waals surface area contributed by atoms with E-state index in [2.05, 4.69) is 103 Å². The number of benzene rings is 2. The van der Waals surface area contributed by atoms with E-state index in [1.165, 1.54) is 11.4 Å². The number of piperazine rings is 2. The molecule has 0 aliphatic carbocycles. The average Bonchev–Trinajstić information content (AvgIpc) is 4.00. The van der Waals surface area contributed by atoms with Gasteiger partial charge < -0.3 is 50.6 Å². The summed E-state index contributed by atoms with van der Waals surface area (Å²) in [6.45, 7) is 27.6. The minimum atomic E-state index is -0.450. The third kappa shape index (κ3) is 17.1. The number of anilines is 4. The summed E-state index contributed by atoms with van der Waals surface area (Å²) in [7, 11) is 0. The summed E-state index contributed by atoms with van der Waals surface area (Å²) in [5.41, 5.74) is 17.4. The number of aliphatic hydroxyl groups is 1. The molecule has 8 rings (SSSR count). The highest BCUT2D eigenvalue weighted by Gasteiger charge is 2.21. The highest BCUT2D eigenvalue weighted by Crippen LogP contribution is 2.32. The number of carbonyl (C=O) groups is 2. The first kappa shape index (κ1) is 56.4. The Bertz CT molecular complexity index is 2700. The number of nitrogen functional groups attached to an aromatic ring is 2. The summed E-state index contributed by atoms with van der Waals surface area (Å²) in [6, 6.07) is 13.0. The molecule has 19 heteroatoms. The third-order valence-corrected chi connectivity index (χ3v) is 12.3. The summed E-state index contributed by atoms with van der Waals surface area (Å²) < 4.78 is 24.9. The molecule has 2 aliphatic rings. The van der Waals surface area contributed by atoms with E-state index >= 15 is 0 Å². The number of carbonyl (C=O) groups excluding carboxylic acids is 2. The van der Waals surface area contributed by atoms with Gasteiger partial charge in [-0.25, -0.2) is 9.97 Å². The highest BCUT2D eigenvalue weighted by atomic mass is 16.6. The Morgan fingerprint density at radius 1 is 0.616 bits per heavy atom. The normalized spacial score (nSPS) is 14.6. The second-order valence-corrected chi connectivity index (χ2v) is 20.6. The lowest BCUT2D eigenvalue weighted by Gasteiger charge is -2.36. The number of nitrogens with two attached hydrogens (primary N) is 2. The number of fused-ring (bicyclic) bond motifs is 6. The number of aromatic nitrogens is 6. The van der Waals surface area contributed by atoms with Gasteiger partial charge in [0.05, 0.1) is 56.9 Å². The average molecular weight is 1010 g/mol. The van der Waals surface area contributed by atoms with Crippen LogP contribution >= 0.6 is 0 Å². The molecule has 2 aromatic carbocycles. The second kappa shape index (κ2) is 26.9. The first-order chi connectivity index (χ1) is 34.9. The molecule has 19 nitrogen and oxygen atoms in total. The van der Waals surface area contributed by atoms with Gasteiger partial charge in [-0.05, 0) is 78.6 Å². The SMILES string of the molecule is CC(C)(C)OC(=O)CCOCCO.CCCCn1cc2c(n1)c(N)nc1cc(N3CCN(CCOCCC(=O)OC(C)(C)C)CC3)ccc12.CCCCn1cc2c(n1)c(N)nc1cc(N3CCNCC3)ccc12. The fraction of sp³-hybridized carbons (Fsp3) is 0.593. The van der Waals surface area contributed by atoms with Crippen LogP contribution in [0.15, 0.2) is 48.8 Å². The smallest absolute Gasteiger partial charge is 0.308 e. The number of hydrogen-bond donors (Lipinski definition) is 4. The quantitative estimate of drug-likeness (QED) is 0.0476. The predicted molar refractivity (Wildman–Crippen MR) is 292 cm³/mol. The zero-order valence-corrected chi connectivity index (χ0v) is 44.8. The lowest BCUT2D eigenvalue weighted by molar-refractivity contribution is -0.157. The first-order valence-corrected chi connectivity index (χ1v) is 26.2. The van der Waals surface area contributed by atoms with Crippen LogP contribution in [-0.2, 0) is 41.6 Å². The van der Waals surface area contributed by atoms with E-state index in [4.69, 9.17) is 35.5 Å². The van der Waals surface area contributed by atoms with Crippen molar-refractivity contribution in [1.82, 2.24) is 39.7 Å². The van der Waals surface area contributed by atoms with Crippen molar-refractivity contribution in [2.75, 3.05) is 113 Å². The predicted octanol–water partition coefficient (Wildman–Crippen LogP) is 6.94. The lowest BCUT2D eigenvalue weighted by Crippen LogP contribution is -2.47. The fourth-order valence-corrected chi connectivity index (χ4v) is 8.64. The monoisotopic (exact) mass is 1010 g/mol. The van der Waals surface area contributed by atoms with Gasteiger partial charge >= 0.3 is 11.9 Å². The van der Waals surface area contributed by atoms with Gasteiger partial charge in [0.25, 0.3) is 0 Å². The molecule has 0 radical (unpaired) electrons. The van der Waals surface area contributed by atoms with Crippen molar-refractivity contribution < 1.29 is 33.6 Å². The molecular weight excluding hydrogens is 929 g/mol. The van der Waals surface area contributed by atoms with Crippen molar-refractivity contribution in [3.05, 3.63) is 48.8 Å². The van der Waals surface area contributed by atoms with Crippen molar-refractivity contribution in [3.63, 3.8) is 0 Å². The molecule has 2 fully saturated rings. The van der Waals surface area contributed by atoms with Gasteiger partial charge in [-0.15, -0.1) is 0 Å². The molecule has 6 N–H and O–H groups in total. The topological polar surface area (TPSA) is 227 Å². The van der Waals surface area contributed by atoms with Gasteiger partial charge in [0.15, 0.2) is 11.6 Å². The first-order valence-electron chi connectivity index (χ1n) is 26.2.